The zero-order chi connectivity index (χ0) is 21.6. The number of ether oxygens (including phenoxy) is 4. The van der Waals surface area contributed by atoms with E-state index in [1.807, 2.05) is 61.5 Å². The van der Waals surface area contributed by atoms with Gasteiger partial charge in [-0.05, 0) is 55.7 Å². The van der Waals surface area contributed by atoms with Crippen LogP contribution in [0.2, 0.25) is 0 Å². The second-order valence-electron chi connectivity index (χ2n) is 7.46. The molecule has 0 spiro atoms. The van der Waals surface area contributed by atoms with E-state index < -0.39 is 6.29 Å². The number of amides is 1. The van der Waals surface area contributed by atoms with Crippen molar-refractivity contribution in [3.63, 3.8) is 0 Å². The second kappa shape index (κ2) is 9.85. The molecule has 2 heterocycles. The Morgan fingerprint density at radius 1 is 1.16 bits per heavy atom. The van der Waals surface area contributed by atoms with Crippen LogP contribution in [0.15, 0.2) is 60.4 Å². The van der Waals surface area contributed by atoms with E-state index in [-0.39, 0.29) is 36.9 Å². The Balaban J connectivity index is 1.67. The van der Waals surface area contributed by atoms with Gasteiger partial charge in [0.25, 0.3) is 5.91 Å². The van der Waals surface area contributed by atoms with Crippen LogP contribution in [0, 0.1) is 5.92 Å². The Morgan fingerprint density at radius 3 is 2.74 bits per heavy atom. The van der Waals surface area contributed by atoms with Crippen LogP contribution in [0.5, 0.6) is 11.5 Å². The molecule has 0 bridgehead atoms. The average molecular weight is 425 g/mol. The van der Waals surface area contributed by atoms with Gasteiger partial charge in [-0.2, -0.15) is 0 Å². The number of carbonyl (C=O) groups excluding carboxylic acids is 1. The Bertz CT molecular complexity index is 929. The van der Waals surface area contributed by atoms with Crippen molar-refractivity contribution in [2.75, 3.05) is 25.3 Å². The van der Waals surface area contributed by atoms with E-state index in [0.29, 0.717) is 36.6 Å². The number of rotatable bonds is 8. The first-order valence-electron chi connectivity index (χ1n) is 10.6. The van der Waals surface area contributed by atoms with Gasteiger partial charge in [0.15, 0.2) is 17.3 Å². The lowest BCUT2D eigenvalue weighted by molar-refractivity contribution is -0.165. The molecule has 0 aromatic heterocycles. The third kappa shape index (κ3) is 4.84. The Labute approximate surface area is 181 Å². The first-order valence-corrected chi connectivity index (χ1v) is 10.6. The summed E-state index contributed by atoms with van der Waals surface area (Å²) in [6, 6.07) is 15.0. The number of benzene rings is 2. The van der Waals surface area contributed by atoms with Gasteiger partial charge in [-0.3, -0.25) is 4.79 Å². The molecular formula is C24H27NO6. The highest BCUT2D eigenvalue weighted by molar-refractivity contribution is 6.02. The largest absolute Gasteiger partial charge is 0.459 e. The number of hydrogen-bond donors (Lipinski definition) is 2. The Hall–Kier alpha value is -3.03. The van der Waals surface area contributed by atoms with Crippen molar-refractivity contribution >= 4 is 11.6 Å². The lowest BCUT2D eigenvalue weighted by Crippen LogP contribution is -2.37. The normalized spacial score (nSPS) is 21.9. The number of allylic oxidation sites excluding steroid dienone is 1. The van der Waals surface area contributed by atoms with E-state index in [0.717, 1.165) is 5.56 Å². The molecule has 0 unspecified atom stereocenters. The summed E-state index contributed by atoms with van der Waals surface area (Å²) in [4.78, 5) is 13.0. The Morgan fingerprint density at radius 2 is 1.97 bits per heavy atom. The average Bonchev–Trinajstić information content (AvgIpc) is 3.26. The molecule has 7 heteroatoms. The molecule has 1 amide bonds. The van der Waals surface area contributed by atoms with Crippen molar-refractivity contribution in [2.45, 2.75) is 32.0 Å². The van der Waals surface area contributed by atoms with Gasteiger partial charge < -0.3 is 29.4 Å². The first-order chi connectivity index (χ1) is 15.2. The van der Waals surface area contributed by atoms with Gasteiger partial charge in [0.05, 0.1) is 0 Å². The molecule has 2 aromatic carbocycles. The van der Waals surface area contributed by atoms with Crippen molar-refractivity contribution < 1.29 is 28.8 Å². The molecule has 0 fully saturated rings. The smallest absolute Gasteiger partial charge is 0.290 e. The molecule has 2 aliphatic heterocycles. The van der Waals surface area contributed by atoms with Crippen molar-refractivity contribution in [1.82, 2.24) is 0 Å². The predicted octanol–water partition coefficient (Wildman–Crippen LogP) is 3.80. The monoisotopic (exact) mass is 425 g/mol. The highest BCUT2D eigenvalue weighted by Crippen LogP contribution is 2.42. The lowest BCUT2D eigenvalue weighted by atomic mass is 9.80. The van der Waals surface area contributed by atoms with Gasteiger partial charge in [0, 0.05) is 30.7 Å². The van der Waals surface area contributed by atoms with Gasteiger partial charge in [-0.25, -0.2) is 0 Å². The molecule has 31 heavy (non-hydrogen) atoms. The fourth-order valence-electron chi connectivity index (χ4n) is 3.98. The summed E-state index contributed by atoms with van der Waals surface area (Å²) in [6.45, 7) is 2.61. The minimum atomic E-state index is -0.603. The Kier molecular flexibility index (Phi) is 6.74. The maximum Gasteiger partial charge on any atom is 0.290 e. The molecule has 4 rings (SSSR count). The van der Waals surface area contributed by atoms with Crippen molar-refractivity contribution in [1.29, 1.82) is 0 Å². The van der Waals surface area contributed by atoms with Gasteiger partial charge in [-0.1, -0.05) is 24.3 Å². The molecule has 0 aliphatic carbocycles. The van der Waals surface area contributed by atoms with Gasteiger partial charge in [0.1, 0.15) is 0 Å². The van der Waals surface area contributed by atoms with Crippen LogP contribution in [0.4, 0.5) is 5.69 Å². The summed E-state index contributed by atoms with van der Waals surface area (Å²) >= 11 is 0. The maximum atomic E-state index is 13.0. The number of anilines is 1. The maximum absolute atomic E-state index is 13.0. The van der Waals surface area contributed by atoms with E-state index in [2.05, 4.69) is 5.32 Å². The molecule has 2 aliphatic rings. The first kappa shape index (κ1) is 21.2. The van der Waals surface area contributed by atoms with Crippen molar-refractivity contribution in [3.05, 3.63) is 65.9 Å². The zero-order valence-corrected chi connectivity index (χ0v) is 17.5. The topological polar surface area (TPSA) is 86.3 Å². The third-order valence-corrected chi connectivity index (χ3v) is 5.45. The van der Waals surface area contributed by atoms with Crippen LogP contribution < -0.4 is 14.8 Å². The van der Waals surface area contributed by atoms with Crippen LogP contribution in [0.25, 0.3) is 0 Å². The molecule has 0 radical (unpaired) electrons. The summed E-state index contributed by atoms with van der Waals surface area (Å²) in [5, 5.41) is 12.3. The molecule has 0 saturated carbocycles. The van der Waals surface area contributed by atoms with E-state index in [9.17, 15) is 9.90 Å². The van der Waals surface area contributed by atoms with E-state index in [1.165, 1.54) is 0 Å². The minimum absolute atomic E-state index is 0.0688. The number of fused-ring (bicyclic) bond motifs is 1. The third-order valence-electron chi connectivity index (χ3n) is 5.45. The highest BCUT2D eigenvalue weighted by Gasteiger charge is 2.38. The highest BCUT2D eigenvalue weighted by atomic mass is 16.7. The minimum Gasteiger partial charge on any atom is -0.459 e. The predicted molar refractivity (Wildman–Crippen MR) is 115 cm³/mol. The SMILES string of the molecule is CCO[C@@H]1OC(C(=O)Nc2ccccc2)=C[C@H](c2ccc3c(c2)OCO3)[C@@H]1CCCO. The number of hydrogen-bond acceptors (Lipinski definition) is 6. The summed E-state index contributed by atoms with van der Waals surface area (Å²) in [5.74, 6) is 1.05. The van der Waals surface area contributed by atoms with Crippen LogP contribution >= 0.6 is 0 Å². The van der Waals surface area contributed by atoms with Crippen LogP contribution in [0.1, 0.15) is 31.2 Å². The molecular weight excluding hydrogens is 398 g/mol. The van der Waals surface area contributed by atoms with E-state index in [1.54, 1.807) is 0 Å². The van der Waals surface area contributed by atoms with Crippen LogP contribution in [0.3, 0.4) is 0 Å². The standard InChI is InChI=1S/C24H27NO6/c1-2-28-24-18(9-6-12-26)19(16-10-11-20-21(13-16)30-15-29-20)14-22(31-24)23(27)25-17-7-4-3-5-8-17/h3-5,7-8,10-11,13-14,18-19,24,26H,2,6,9,12,15H2,1H3,(H,25,27)/t18-,19+,24+/m0/s1. The second-order valence-corrected chi connectivity index (χ2v) is 7.46. The fourth-order valence-corrected chi connectivity index (χ4v) is 3.98. The molecule has 0 saturated heterocycles. The van der Waals surface area contributed by atoms with Crippen LogP contribution in [-0.2, 0) is 14.3 Å². The number of aliphatic hydroxyl groups is 1. The summed E-state index contributed by atoms with van der Waals surface area (Å²) in [7, 11) is 0. The summed E-state index contributed by atoms with van der Waals surface area (Å²) in [5.41, 5.74) is 1.66. The lowest BCUT2D eigenvalue weighted by Gasteiger charge is -2.37. The van der Waals surface area contributed by atoms with E-state index >= 15 is 0 Å². The van der Waals surface area contributed by atoms with Gasteiger partial charge in [0.2, 0.25) is 13.1 Å². The van der Waals surface area contributed by atoms with Crippen molar-refractivity contribution in [2.24, 2.45) is 5.92 Å². The molecule has 2 aromatic rings. The number of nitrogens with one attached hydrogen (secondary N) is 1. The van der Waals surface area contributed by atoms with Gasteiger partial charge >= 0.3 is 0 Å². The molecule has 164 valence electrons. The number of aliphatic hydroxyl groups excluding tert-OH is 1. The zero-order valence-electron chi connectivity index (χ0n) is 17.5. The quantitative estimate of drug-likeness (QED) is 0.669. The summed E-state index contributed by atoms with van der Waals surface area (Å²) in [6.07, 6.45) is 2.53. The van der Waals surface area contributed by atoms with Gasteiger partial charge in [-0.15, -0.1) is 0 Å². The van der Waals surface area contributed by atoms with Crippen LogP contribution in [-0.4, -0.2) is 37.3 Å². The molecule has 3 atom stereocenters. The fraction of sp³-hybridized carbons (Fsp3) is 0.375. The number of para-hydroxylation sites is 1. The summed E-state index contributed by atoms with van der Waals surface area (Å²) < 4.78 is 22.9. The molecule has 2 N–H and O–H groups in total. The molecule has 7 nitrogen and oxygen atoms in total. The van der Waals surface area contributed by atoms with Crippen molar-refractivity contribution in [3.8, 4) is 11.5 Å². The number of carbonyl (C=O) groups is 1. The van der Waals surface area contributed by atoms with E-state index in [4.69, 9.17) is 18.9 Å².